The first-order valence-electron chi connectivity index (χ1n) is 10.1. The van der Waals surface area contributed by atoms with Crippen molar-refractivity contribution in [3.63, 3.8) is 0 Å². The summed E-state index contributed by atoms with van der Waals surface area (Å²) >= 11 is 0. The van der Waals surface area contributed by atoms with Gasteiger partial charge in [-0.15, -0.1) is 0 Å². The quantitative estimate of drug-likeness (QED) is 0.504. The van der Waals surface area contributed by atoms with Crippen molar-refractivity contribution in [3.05, 3.63) is 77.2 Å². The summed E-state index contributed by atoms with van der Waals surface area (Å²) in [6.45, 7) is 3.52. The summed E-state index contributed by atoms with van der Waals surface area (Å²) in [5.41, 5.74) is 3.91. The summed E-state index contributed by atoms with van der Waals surface area (Å²) in [5.74, 6) is 1.05. The largest absolute Gasteiger partial charge is 0.339 e. The Morgan fingerprint density at radius 3 is 2.65 bits per heavy atom. The highest BCUT2D eigenvalue weighted by Gasteiger charge is 2.29. The van der Waals surface area contributed by atoms with Gasteiger partial charge in [-0.3, -0.25) is 4.79 Å². The molecule has 4 aromatic rings. The van der Waals surface area contributed by atoms with Gasteiger partial charge in [0, 0.05) is 23.4 Å². The Morgan fingerprint density at radius 2 is 1.94 bits per heavy atom. The number of benzene rings is 2. The van der Waals surface area contributed by atoms with Crippen LogP contribution >= 0.6 is 0 Å². The highest BCUT2D eigenvalue weighted by atomic mass is 19.1. The van der Waals surface area contributed by atoms with E-state index in [0.29, 0.717) is 40.1 Å². The zero-order chi connectivity index (χ0) is 21.5. The van der Waals surface area contributed by atoms with Crippen LogP contribution in [0.1, 0.15) is 46.3 Å². The molecule has 1 aliphatic carbocycles. The molecule has 1 amide bonds. The van der Waals surface area contributed by atoms with E-state index in [4.69, 9.17) is 4.52 Å². The van der Waals surface area contributed by atoms with E-state index in [1.54, 1.807) is 30.8 Å². The number of rotatable bonds is 5. The average Bonchev–Trinajstić information content (AvgIpc) is 3.35. The van der Waals surface area contributed by atoms with E-state index in [1.165, 1.54) is 12.1 Å². The van der Waals surface area contributed by atoms with Gasteiger partial charge in [0.05, 0.1) is 16.9 Å². The number of carbonyl (C=O) groups excluding carboxylic acids is 1. The van der Waals surface area contributed by atoms with Gasteiger partial charge < -0.3 is 9.84 Å². The van der Waals surface area contributed by atoms with Crippen LogP contribution in [-0.2, 0) is 0 Å². The Hall–Kier alpha value is -3.81. The van der Waals surface area contributed by atoms with Gasteiger partial charge in [-0.2, -0.15) is 10.1 Å². The van der Waals surface area contributed by atoms with Crippen LogP contribution in [0.3, 0.4) is 0 Å². The lowest BCUT2D eigenvalue weighted by Crippen LogP contribution is -2.13. The van der Waals surface area contributed by atoms with Gasteiger partial charge in [0.2, 0.25) is 11.7 Å². The number of hydrogen-bond acceptors (Lipinski definition) is 5. The molecule has 5 rings (SSSR count). The smallest absolute Gasteiger partial charge is 0.259 e. The van der Waals surface area contributed by atoms with Crippen LogP contribution in [-0.4, -0.2) is 25.8 Å². The van der Waals surface area contributed by atoms with Gasteiger partial charge in [-0.05, 0) is 74.7 Å². The van der Waals surface area contributed by atoms with E-state index in [-0.39, 0.29) is 11.7 Å². The lowest BCUT2D eigenvalue weighted by atomic mass is 10.1. The topological polar surface area (TPSA) is 85.8 Å². The molecule has 0 bridgehead atoms. The summed E-state index contributed by atoms with van der Waals surface area (Å²) in [4.78, 5) is 17.2. The second-order valence-electron chi connectivity index (χ2n) is 7.76. The molecule has 0 saturated heterocycles. The molecule has 8 heteroatoms. The molecule has 2 heterocycles. The first-order valence-corrected chi connectivity index (χ1v) is 10.1. The van der Waals surface area contributed by atoms with Crippen LogP contribution in [0.25, 0.3) is 17.1 Å². The van der Waals surface area contributed by atoms with E-state index in [0.717, 1.165) is 24.1 Å². The molecule has 2 aromatic heterocycles. The van der Waals surface area contributed by atoms with Gasteiger partial charge >= 0.3 is 0 Å². The molecule has 0 atom stereocenters. The molecule has 156 valence electrons. The second kappa shape index (κ2) is 7.46. The number of aryl methyl sites for hydroxylation is 2. The van der Waals surface area contributed by atoms with Gasteiger partial charge in [-0.1, -0.05) is 5.16 Å². The molecule has 31 heavy (non-hydrogen) atoms. The number of hydrogen-bond donors (Lipinski definition) is 1. The number of nitrogens with one attached hydrogen (secondary N) is 1. The van der Waals surface area contributed by atoms with E-state index >= 15 is 0 Å². The third kappa shape index (κ3) is 3.84. The minimum absolute atomic E-state index is 0.297. The monoisotopic (exact) mass is 417 g/mol. The highest BCUT2D eigenvalue weighted by Crippen LogP contribution is 2.39. The van der Waals surface area contributed by atoms with Crippen molar-refractivity contribution in [1.29, 1.82) is 0 Å². The van der Waals surface area contributed by atoms with Crippen molar-refractivity contribution >= 4 is 11.6 Å². The molecule has 1 fully saturated rings. The van der Waals surface area contributed by atoms with Crippen molar-refractivity contribution in [1.82, 2.24) is 19.9 Å². The van der Waals surface area contributed by atoms with E-state index in [9.17, 15) is 9.18 Å². The third-order valence-corrected chi connectivity index (χ3v) is 5.34. The molecular formula is C23H20FN5O2. The average molecular weight is 417 g/mol. The zero-order valence-electron chi connectivity index (χ0n) is 17.1. The lowest BCUT2D eigenvalue weighted by Gasteiger charge is -2.07. The predicted octanol–water partition coefficient (Wildman–Crippen LogP) is 4.81. The number of amides is 1. The van der Waals surface area contributed by atoms with Crippen molar-refractivity contribution in [2.75, 3.05) is 5.32 Å². The molecule has 7 nitrogen and oxygen atoms in total. The molecular weight excluding hydrogens is 397 g/mol. The standard InChI is InChI=1S/C23H20FN5O2/c1-13-11-17(24)7-10-20(13)25-22(30)19-12-29(27-14(19)2)18-8-5-15(6-9-18)21-26-23(31-28-21)16-3-4-16/h5-12,16H,3-4H2,1-2H3,(H,25,30). The predicted molar refractivity (Wildman–Crippen MR) is 113 cm³/mol. The Kier molecular flexibility index (Phi) is 4.62. The van der Waals surface area contributed by atoms with E-state index in [2.05, 4.69) is 20.6 Å². The Morgan fingerprint density at radius 1 is 1.16 bits per heavy atom. The molecule has 1 saturated carbocycles. The van der Waals surface area contributed by atoms with Crippen LogP contribution in [0.5, 0.6) is 0 Å². The number of nitrogens with zero attached hydrogens (tertiary/aromatic N) is 4. The van der Waals surface area contributed by atoms with Crippen LogP contribution in [0.4, 0.5) is 10.1 Å². The minimum atomic E-state index is -0.340. The first-order chi connectivity index (χ1) is 15.0. The Labute approximate surface area is 177 Å². The molecule has 0 radical (unpaired) electrons. The minimum Gasteiger partial charge on any atom is -0.339 e. The molecule has 0 aliphatic heterocycles. The maximum Gasteiger partial charge on any atom is 0.259 e. The van der Waals surface area contributed by atoms with Crippen molar-refractivity contribution in [2.24, 2.45) is 0 Å². The number of carbonyl (C=O) groups is 1. The summed E-state index contributed by atoms with van der Waals surface area (Å²) in [6.07, 6.45) is 3.89. The van der Waals surface area contributed by atoms with Gasteiger partial charge in [-0.25, -0.2) is 9.07 Å². The van der Waals surface area contributed by atoms with Gasteiger partial charge in [0.1, 0.15) is 5.82 Å². The maximum atomic E-state index is 13.3. The maximum absolute atomic E-state index is 13.3. The van der Waals surface area contributed by atoms with E-state index in [1.807, 2.05) is 24.3 Å². The van der Waals surface area contributed by atoms with Crippen molar-refractivity contribution in [3.8, 4) is 17.1 Å². The van der Waals surface area contributed by atoms with Crippen LogP contribution in [0, 0.1) is 19.7 Å². The van der Waals surface area contributed by atoms with E-state index < -0.39 is 0 Å². The third-order valence-electron chi connectivity index (χ3n) is 5.34. The fourth-order valence-electron chi connectivity index (χ4n) is 3.38. The number of anilines is 1. The molecule has 1 aliphatic rings. The van der Waals surface area contributed by atoms with Crippen LogP contribution < -0.4 is 5.32 Å². The number of halogens is 1. The molecule has 0 unspecified atom stereocenters. The Balaban J connectivity index is 1.35. The highest BCUT2D eigenvalue weighted by molar-refractivity contribution is 6.05. The summed E-state index contributed by atoms with van der Waals surface area (Å²) < 4.78 is 20.3. The number of aromatic nitrogens is 4. The van der Waals surface area contributed by atoms with Crippen molar-refractivity contribution < 1.29 is 13.7 Å². The zero-order valence-corrected chi connectivity index (χ0v) is 17.1. The Bertz CT molecular complexity index is 1270. The van der Waals surface area contributed by atoms with Crippen LogP contribution in [0.15, 0.2) is 53.2 Å². The van der Waals surface area contributed by atoms with Gasteiger partial charge in [0.15, 0.2) is 0 Å². The van der Waals surface area contributed by atoms with Crippen molar-refractivity contribution in [2.45, 2.75) is 32.6 Å². The summed E-state index contributed by atoms with van der Waals surface area (Å²) in [6, 6.07) is 11.8. The summed E-state index contributed by atoms with van der Waals surface area (Å²) in [5, 5.41) is 11.3. The first kappa shape index (κ1) is 19.2. The second-order valence-corrected chi connectivity index (χ2v) is 7.76. The molecule has 1 N–H and O–H groups in total. The molecule has 2 aromatic carbocycles. The van der Waals surface area contributed by atoms with Crippen LogP contribution in [0.2, 0.25) is 0 Å². The lowest BCUT2D eigenvalue weighted by molar-refractivity contribution is 0.102. The fraction of sp³-hybridized carbons (Fsp3) is 0.217. The SMILES string of the molecule is Cc1cc(F)ccc1NC(=O)c1cn(-c2ccc(-c3noc(C4CC4)n3)cc2)nc1C. The van der Waals surface area contributed by atoms with Gasteiger partial charge in [0.25, 0.3) is 5.91 Å². The normalized spacial score (nSPS) is 13.4. The molecule has 0 spiro atoms. The summed E-state index contributed by atoms with van der Waals surface area (Å²) in [7, 11) is 0. The fourth-order valence-corrected chi connectivity index (χ4v) is 3.38.